The maximum absolute atomic E-state index is 10.2. The van der Waals surface area contributed by atoms with Crippen molar-refractivity contribution in [1.29, 1.82) is 0 Å². The number of aliphatic hydroxyl groups is 1. The van der Waals surface area contributed by atoms with E-state index in [1.54, 1.807) is 35.4 Å². The van der Waals surface area contributed by atoms with Crippen molar-refractivity contribution >= 4 is 5.69 Å². The molecule has 5 heteroatoms. The maximum Gasteiger partial charge on any atom is 0.124 e. The number of hydrogen-bond donors (Lipinski definition) is 2. The van der Waals surface area contributed by atoms with Crippen LogP contribution in [0.1, 0.15) is 24.3 Å². The normalized spacial score (nSPS) is 12.6. The van der Waals surface area contributed by atoms with Gasteiger partial charge in [0.15, 0.2) is 0 Å². The molecule has 0 aromatic carbocycles. The van der Waals surface area contributed by atoms with Crippen molar-refractivity contribution in [1.82, 2.24) is 14.8 Å². The SMILES string of the molecule is CCn1nccc1C(O)c1cnccc1N. The summed E-state index contributed by atoms with van der Waals surface area (Å²) in [6.07, 6.45) is 4.06. The smallest absolute Gasteiger partial charge is 0.124 e. The van der Waals surface area contributed by atoms with Gasteiger partial charge in [-0.15, -0.1) is 0 Å². The standard InChI is InChI=1S/C11H14N4O/c1-2-15-10(4-6-14-15)11(16)8-7-13-5-3-9(8)12/h3-7,11,16H,2H2,1H3,(H2,12,13). The van der Waals surface area contributed by atoms with E-state index in [4.69, 9.17) is 5.73 Å². The molecule has 16 heavy (non-hydrogen) atoms. The Labute approximate surface area is 93.5 Å². The van der Waals surface area contributed by atoms with E-state index in [9.17, 15) is 5.11 Å². The molecular formula is C11H14N4O. The Morgan fingerprint density at radius 2 is 2.25 bits per heavy atom. The molecule has 0 saturated carbocycles. The lowest BCUT2D eigenvalue weighted by molar-refractivity contribution is 0.208. The Kier molecular flexibility index (Phi) is 2.87. The second-order valence-corrected chi connectivity index (χ2v) is 3.48. The van der Waals surface area contributed by atoms with Crippen LogP contribution < -0.4 is 5.73 Å². The molecule has 0 fully saturated rings. The molecule has 1 unspecified atom stereocenters. The highest BCUT2D eigenvalue weighted by molar-refractivity contribution is 5.47. The van der Waals surface area contributed by atoms with Crippen LogP contribution in [-0.4, -0.2) is 19.9 Å². The molecule has 0 aliphatic rings. The summed E-state index contributed by atoms with van der Waals surface area (Å²) in [6.45, 7) is 2.68. The van der Waals surface area contributed by atoms with Crippen LogP contribution in [0.5, 0.6) is 0 Å². The third-order valence-electron chi connectivity index (χ3n) is 2.51. The quantitative estimate of drug-likeness (QED) is 0.804. The highest BCUT2D eigenvalue weighted by Gasteiger charge is 2.17. The summed E-state index contributed by atoms with van der Waals surface area (Å²) in [5, 5.41) is 14.3. The molecule has 1 atom stereocenters. The van der Waals surface area contributed by atoms with Gasteiger partial charge in [-0.1, -0.05) is 0 Å². The molecule has 2 rings (SSSR count). The molecule has 0 aliphatic heterocycles. The van der Waals surface area contributed by atoms with E-state index in [0.29, 0.717) is 17.8 Å². The lowest BCUT2D eigenvalue weighted by Gasteiger charge is -2.14. The van der Waals surface area contributed by atoms with Gasteiger partial charge in [0.05, 0.1) is 5.69 Å². The number of nitrogens with two attached hydrogens (primary N) is 1. The molecule has 0 aliphatic carbocycles. The van der Waals surface area contributed by atoms with Gasteiger partial charge >= 0.3 is 0 Å². The van der Waals surface area contributed by atoms with E-state index in [-0.39, 0.29) is 0 Å². The van der Waals surface area contributed by atoms with Gasteiger partial charge in [0.1, 0.15) is 6.10 Å². The van der Waals surface area contributed by atoms with Crippen molar-refractivity contribution in [3.63, 3.8) is 0 Å². The summed E-state index contributed by atoms with van der Waals surface area (Å²) in [4.78, 5) is 3.96. The molecule has 5 nitrogen and oxygen atoms in total. The minimum absolute atomic E-state index is 0.534. The number of anilines is 1. The molecular weight excluding hydrogens is 204 g/mol. The third kappa shape index (κ3) is 1.77. The first-order valence-corrected chi connectivity index (χ1v) is 5.13. The fraction of sp³-hybridized carbons (Fsp3) is 0.273. The number of pyridine rings is 1. The van der Waals surface area contributed by atoms with E-state index >= 15 is 0 Å². The molecule has 0 spiro atoms. The second-order valence-electron chi connectivity index (χ2n) is 3.48. The average molecular weight is 218 g/mol. The number of aryl methyl sites for hydroxylation is 1. The van der Waals surface area contributed by atoms with Gasteiger partial charge in [0.25, 0.3) is 0 Å². The second kappa shape index (κ2) is 4.32. The lowest BCUT2D eigenvalue weighted by atomic mass is 10.1. The van der Waals surface area contributed by atoms with Gasteiger partial charge < -0.3 is 10.8 Å². The van der Waals surface area contributed by atoms with Crippen molar-refractivity contribution in [3.8, 4) is 0 Å². The Morgan fingerprint density at radius 3 is 2.94 bits per heavy atom. The molecule has 0 saturated heterocycles. The number of nitrogen functional groups attached to an aromatic ring is 1. The molecule has 0 radical (unpaired) electrons. The van der Waals surface area contributed by atoms with E-state index in [2.05, 4.69) is 10.1 Å². The fourth-order valence-electron chi connectivity index (χ4n) is 1.64. The van der Waals surface area contributed by atoms with Crippen LogP contribution in [0.25, 0.3) is 0 Å². The van der Waals surface area contributed by atoms with Gasteiger partial charge in [-0.3, -0.25) is 9.67 Å². The Hall–Kier alpha value is -1.88. The first-order valence-electron chi connectivity index (χ1n) is 5.13. The van der Waals surface area contributed by atoms with Crippen LogP contribution in [0.15, 0.2) is 30.7 Å². The summed E-state index contributed by atoms with van der Waals surface area (Å²) in [5.41, 5.74) is 7.66. The zero-order chi connectivity index (χ0) is 11.5. The summed E-state index contributed by atoms with van der Waals surface area (Å²) >= 11 is 0. The largest absolute Gasteiger partial charge is 0.398 e. The third-order valence-corrected chi connectivity index (χ3v) is 2.51. The van der Waals surface area contributed by atoms with Crippen LogP contribution in [0.4, 0.5) is 5.69 Å². The Morgan fingerprint density at radius 1 is 1.44 bits per heavy atom. The van der Waals surface area contributed by atoms with E-state index in [0.717, 1.165) is 5.69 Å². The molecule has 0 amide bonds. The Balaban J connectivity index is 2.39. The van der Waals surface area contributed by atoms with Gasteiger partial charge in [0.2, 0.25) is 0 Å². The maximum atomic E-state index is 10.2. The minimum Gasteiger partial charge on any atom is -0.398 e. The minimum atomic E-state index is -0.781. The monoisotopic (exact) mass is 218 g/mol. The van der Waals surface area contributed by atoms with Crippen LogP contribution in [-0.2, 0) is 6.54 Å². The van der Waals surface area contributed by atoms with Crippen LogP contribution in [0.3, 0.4) is 0 Å². The summed E-state index contributed by atoms with van der Waals surface area (Å²) in [7, 11) is 0. The van der Waals surface area contributed by atoms with Gasteiger partial charge in [-0.05, 0) is 19.1 Å². The van der Waals surface area contributed by atoms with Crippen LogP contribution in [0.2, 0.25) is 0 Å². The van der Waals surface area contributed by atoms with Crippen LogP contribution in [0, 0.1) is 0 Å². The van der Waals surface area contributed by atoms with Gasteiger partial charge in [0, 0.05) is 36.4 Å². The predicted molar refractivity (Wildman–Crippen MR) is 60.6 cm³/mol. The van der Waals surface area contributed by atoms with Gasteiger partial charge in [-0.2, -0.15) is 5.10 Å². The fourth-order valence-corrected chi connectivity index (χ4v) is 1.64. The highest BCUT2D eigenvalue weighted by atomic mass is 16.3. The molecule has 84 valence electrons. The molecule has 2 aromatic rings. The number of aromatic nitrogens is 3. The summed E-state index contributed by atoms with van der Waals surface area (Å²) < 4.78 is 1.73. The Bertz CT molecular complexity index is 480. The predicted octanol–water partition coefficient (Wildman–Crippen LogP) is 0.962. The van der Waals surface area contributed by atoms with E-state index in [1.165, 1.54) is 0 Å². The summed E-state index contributed by atoms with van der Waals surface area (Å²) in [5.74, 6) is 0. The number of rotatable bonds is 3. The van der Waals surface area contributed by atoms with Crippen molar-refractivity contribution in [2.45, 2.75) is 19.6 Å². The van der Waals surface area contributed by atoms with Crippen molar-refractivity contribution < 1.29 is 5.11 Å². The van der Waals surface area contributed by atoms with Gasteiger partial charge in [-0.25, -0.2) is 0 Å². The zero-order valence-corrected chi connectivity index (χ0v) is 9.04. The van der Waals surface area contributed by atoms with Crippen molar-refractivity contribution in [2.75, 3.05) is 5.73 Å². The van der Waals surface area contributed by atoms with Crippen molar-refractivity contribution in [2.24, 2.45) is 0 Å². The number of hydrogen-bond acceptors (Lipinski definition) is 4. The molecule has 2 heterocycles. The zero-order valence-electron chi connectivity index (χ0n) is 9.04. The molecule has 0 bridgehead atoms. The number of nitrogens with zero attached hydrogens (tertiary/aromatic N) is 3. The topological polar surface area (TPSA) is 77.0 Å². The molecule has 3 N–H and O–H groups in total. The summed E-state index contributed by atoms with van der Waals surface area (Å²) in [6, 6.07) is 3.45. The van der Waals surface area contributed by atoms with E-state index < -0.39 is 6.10 Å². The number of aliphatic hydroxyl groups excluding tert-OH is 1. The molecule has 2 aromatic heterocycles. The van der Waals surface area contributed by atoms with Crippen LogP contribution >= 0.6 is 0 Å². The van der Waals surface area contributed by atoms with E-state index in [1.807, 2.05) is 6.92 Å². The first-order chi connectivity index (χ1) is 7.74. The lowest BCUT2D eigenvalue weighted by Crippen LogP contribution is -2.10. The highest BCUT2D eigenvalue weighted by Crippen LogP contribution is 2.25. The average Bonchev–Trinajstić information content (AvgIpc) is 2.77. The van der Waals surface area contributed by atoms with Crippen molar-refractivity contribution in [3.05, 3.63) is 42.0 Å². The first kappa shape index (κ1) is 10.6.